The highest BCUT2D eigenvalue weighted by Gasteiger charge is 2.54. The standard InChI is InChI=1S/C15H20BrN3O2/c1-15-7-8-18(3)13(15)19(4)10-6-5-9(16)12(11(10)15)21-14(20)17-2/h5-6,13H,7-8H2,1-4H3,(H,17,20)/t13-,15+/m1/s1. The number of carbonyl (C=O) groups excluding carboxylic acids is 1. The van der Waals surface area contributed by atoms with Crippen molar-refractivity contribution in [3.05, 3.63) is 22.2 Å². The third kappa shape index (κ3) is 1.96. The van der Waals surface area contributed by atoms with Crippen LogP contribution >= 0.6 is 15.9 Å². The second-order valence-corrected chi connectivity index (χ2v) is 6.90. The van der Waals surface area contributed by atoms with Crippen molar-refractivity contribution in [2.24, 2.45) is 0 Å². The average molecular weight is 354 g/mol. The summed E-state index contributed by atoms with van der Waals surface area (Å²) in [5.41, 5.74) is 2.22. The normalized spacial score (nSPS) is 27.5. The number of amides is 1. The number of fused-ring (bicyclic) bond motifs is 3. The number of nitrogens with one attached hydrogen (secondary N) is 1. The lowest BCUT2D eigenvalue weighted by Gasteiger charge is -2.32. The Morgan fingerprint density at radius 1 is 1.48 bits per heavy atom. The Labute approximate surface area is 133 Å². The molecular weight excluding hydrogens is 334 g/mol. The Kier molecular flexibility index (Phi) is 3.41. The molecule has 0 aromatic heterocycles. The Morgan fingerprint density at radius 3 is 2.86 bits per heavy atom. The van der Waals surface area contributed by atoms with Crippen LogP contribution in [0.4, 0.5) is 10.5 Å². The first kappa shape index (κ1) is 14.7. The minimum atomic E-state index is -0.440. The SMILES string of the molecule is CNC(=O)Oc1c(Br)ccc2c1[C@]1(C)CCN(C)[C@@H]1N2C. The Balaban J connectivity index is 2.17. The van der Waals surface area contributed by atoms with Gasteiger partial charge in [0, 0.05) is 37.3 Å². The van der Waals surface area contributed by atoms with E-state index < -0.39 is 6.09 Å². The minimum Gasteiger partial charge on any atom is -0.409 e. The first-order valence-electron chi connectivity index (χ1n) is 7.05. The predicted molar refractivity (Wildman–Crippen MR) is 86.0 cm³/mol. The van der Waals surface area contributed by atoms with Crippen LogP contribution in [-0.2, 0) is 5.41 Å². The molecule has 0 spiro atoms. The van der Waals surface area contributed by atoms with E-state index in [4.69, 9.17) is 4.74 Å². The van der Waals surface area contributed by atoms with Crippen LogP contribution in [0.25, 0.3) is 0 Å². The number of nitrogens with zero attached hydrogens (tertiary/aromatic N) is 2. The lowest BCUT2D eigenvalue weighted by atomic mass is 9.81. The predicted octanol–water partition coefficient (Wildman–Crippen LogP) is 2.54. The van der Waals surface area contributed by atoms with Crippen molar-refractivity contribution >= 4 is 27.7 Å². The zero-order chi connectivity index (χ0) is 15.4. The number of hydrogen-bond donors (Lipinski definition) is 1. The van der Waals surface area contributed by atoms with Crippen molar-refractivity contribution in [1.82, 2.24) is 10.2 Å². The molecule has 5 nitrogen and oxygen atoms in total. The lowest BCUT2D eigenvalue weighted by molar-refractivity contribution is 0.201. The summed E-state index contributed by atoms with van der Waals surface area (Å²) in [6.07, 6.45) is 0.908. The smallest absolute Gasteiger partial charge is 0.409 e. The molecule has 1 aromatic carbocycles. The van der Waals surface area contributed by atoms with Gasteiger partial charge in [-0.15, -0.1) is 0 Å². The van der Waals surface area contributed by atoms with Crippen molar-refractivity contribution in [3.8, 4) is 5.75 Å². The fourth-order valence-electron chi connectivity index (χ4n) is 3.89. The van der Waals surface area contributed by atoms with Crippen LogP contribution in [0.1, 0.15) is 18.9 Å². The van der Waals surface area contributed by atoms with Gasteiger partial charge in [-0.3, -0.25) is 4.90 Å². The van der Waals surface area contributed by atoms with Crippen LogP contribution in [0, 0.1) is 0 Å². The molecule has 0 unspecified atom stereocenters. The summed E-state index contributed by atoms with van der Waals surface area (Å²) in [6.45, 7) is 3.30. The number of benzene rings is 1. The molecule has 21 heavy (non-hydrogen) atoms. The molecule has 2 aliphatic rings. The van der Waals surface area contributed by atoms with Gasteiger partial charge in [-0.05, 0) is 41.5 Å². The van der Waals surface area contributed by atoms with Crippen LogP contribution in [0.5, 0.6) is 5.75 Å². The number of rotatable bonds is 1. The molecule has 2 heterocycles. The number of ether oxygens (including phenoxy) is 1. The van der Waals surface area contributed by atoms with Crippen LogP contribution in [0.15, 0.2) is 16.6 Å². The highest BCUT2D eigenvalue weighted by atomic mass is 79.9. The van der Waals surface area contributed by atoms with Crippen LogP contribution < -0.4 is 15.0 Å². The Hall–Kier alpha value is -1.27. The monoisotopic (exact) mass is 353 g/mol. The van der Waals surface area contributed by atoms with E-state index in [1.807, 2.05) is 6.07 Å². The Morgan fingerprint density at radius 2 is 2.19 bits per heavy atom. The van der Waals surface area contributed by atoms with E-state index in [1.165, 1.54) is 0 Å². The third-order valence-corrected chi connectivity index (χ3v) is 5.40. The molecule has 6 heteroatoms. The highest BCUT2D eigenvalue weighted by molar-refractivity contribution is 9.10. The summed E-state index contributed by atoms with van der Waals surface area (Å²) >= 11 is 3.53. The van der Waals surface area contributed by atoms with E-state index in [0.717, 1.165) is 28.7 Å². The highest BCUT2D eigenvalue weighted by Crippen LogP contribution is 2.55. The molecule has 114 valence electrons. The summed E-state index contributed by atoms with van der Waals surface area (Å²) in [5, 5.41) is 2.52. The van der Waals surface area contributed by atoms with Crippen LogP contribution in [-0.4, -0.2) is 44.8 Å². The maximum absolute atomic E-state index is 11.7. The topological polar surface area (TPSA) is 44.8 Å². The molecule has 2 atom stereocenters. The number of halogens is 1. The summed E-state index contributed by atoms with van der Waals surface area (Å²) < 4.78 is 6.37. The number of hydrogen-bond acceptors (Lipinski definition) is 4. The van der Waals surface area contributed by atoms with Crippen molar-refractivity contribution in [3.63, 3.8) is 0 Å². The van der Waals surface area contributed by atoms with Gasteiger partial charge in [0.25, 0.3) is 0 Å². The first-order valence-corrected chi connectivity index (χ1v) is 7.85. The van der Waals surface area contributed by atoms with E-state index >= 15 is 0 Å². The molecule has 0 radical (unpaired) electrons. The molecule has 3 rings (SSSR count). The maximum Gasteiger partial charge on any atom is 0.412 e. The van der Waals surface area contributed by atoms with Gasteiger partial charge in [-0.25, -0.2) is 4.79 Å². The van der Waals surface area contributed by atoms with Gasteiger partial charge in [0.2, 0.25) is 0 Å². The van der Waals surface area contributed by atoms with E-state index in [9.17, 15) is 4.79 Å². The number of anilines is 1. The van der Waals surface area contributed by atoms with Gasteiger partial charge in [0.15, 0.2) is 5.75 Å². The maximum atomic E-state index is 11.7. The van der Waals surface area contributed by atoms with E-state index in [2.05, 4.69) is 58.1 Å². The van der Waals surface area contributed by atoms with E-state index in [-0.39, 0.29) is 5.41 Å². The largest absolute Gasteiger partial charge is 0.412 e. The summed E-state index contributed by atoms with van der Waals surface area (Å²) in [7, 11) is 5.82. The van der Waals surface area contributed by atoms with Crippen molar-refractivity contribution in [1.29, 1.82) is 0 Å². The second kappa shape index (κ2) is 4.88. The molecule has 1 N–H and O–H groups in total. The molecule has 1 aromatic rings. The number of likely N-dealkylation sites (N-methyl/N-ethyl adjacent to an activating group) is 2. The van der Waals surface area contributed by atoms with Crippen molar-refractivity contribution < 1.29 is 9.53 Å². The molecule has 1 amide bonds. The van der Waals surface area contributed by atoms with Crippen molar-refractivity contribution in [2.75, 3.05) is 32.6 Å². The Bertz CT molecular complexity index is 607. The minimum absolute atomic E-state index is 0.0357. The van der Waals surface area contributed by atoms with E-state index in [1.54, 1.807) is 7.05 Å². The van der Waals surface area contributed by atoms with Gasteiger partial charge in [0.05, 0.1) is 10.6 Å². The van der Waals surface area contributed by atoms with Gasteiger partial charge in [-0.1, -0.05) is 6.92 Å². The molecule has 1 saturated heterocycles. The molecule has 0 saturated carbocycles. The fourth-order valence-corrected chi connectivity index (χ4v) is 4.30. The molecular formula is C15H20BrN3O2. The zero-order valence-electron chi connectivity index (χ0n) is 12.7. The molecule has 2 aliphatic heterocycles. The molecule has 1 fully saturated rings. The molecule has 0 aliphatic carbocycles. The zero-order valence-corrected chi connectivity index (χ0v) is 14.3. The van der Waals surface area contributed by atoms with Gasteiger partial charge in [0.1, 0.15) is 0 Å². The van der Waals surface area contributed by atoms with Crippen molar-refractivity contribution in [2.45, 2.75) is 24.9 Å². The first-order chi connectivity index (χ1) is 9.90. The summed E-state index contributed by atoms with van der Waals surface area (Å²) in [5.74, 6) is 0.638. The third-order valence-electron chi connectivity index (χ3n) is 4.78. The summed E-state index contributed by atoms with van der Waals surface area (Å²) in [4.78, 5) is 16.3. The van der Waals surface area contributed by atoms with E-state index in [0.29, 0.717) is 11.9 Å². The second-order valence-electron chi connectivity index (χ2n) is 6.04. The summed E-state index contributed by atoms with van der Waals surface area (Å²) in [6, 6.07) is 4.03. The number of likely N-dealkylation sites (tertiary alicyclic amines) is 1. The van der Waals surface area contributed by atoms with Gasteiger partial charge in [-0.2, -0.15) is 0 Å². The van der Waals surface area contributed by atoms with Crippen LogP contribution in [0.2, 0.25) is 0 Å². The molecule has 0 bridgehead atoms. The van der Waals surface area contributed by atoms with Gasteiger partial charge < -0.3 is 15.0 Å². The quantitative estimate of drug-likeness (QED) is 0.842. The number of carbonyl (C=O) groups is 1. The average Bonchev–Trinajstić information content (AvgIpc) is 2.87. The van der Waals surface area contributed by atoms with Gasteiger partial charge >= 0.3 is 6.09 Å². The lowest BCUT2D eigenvalue weighted by Crippen LogP contribution is -2.45. The van der Waals surface area contributed by atoms with Crippen LogP contribution in [0.3, 0.4) is 0 Å². The fraction of sp³-hybridized carbons (Fsp3) is 0.533.